The summed E-state index contributed by atoms with van der Waals surface area (Å²) in [6.45, 7) is 6.15. The minimum atomic E-state index is -0.729. The summed E-state index contributed by atoms with van der Waals surface area (Å²) in [4.78, 5) is 0. The molecule has 0 amide bonds. The fourth-order valence-electron chi connectivity index (χ4n) is 4.98. The van der Waals surface area contributed by atoms with Gasteiger partial charge < -0.3 is 0 Å². The zero-order chi connectivity index (χ0) is 12.0. The Kier molecular flexibility index (Phi) is 3.10. The molecule has 0 spiro atoms. The summed E-state index contributed by atoms with van der Waals surface area (Å²) < 4.78 is 15.3. The van der Waals surface area contributed by atoms with Crippen LogP contribution < -0.4 is 0 Å². The maximum Gasteiger partial charge on any atom is 0.101 e. The third-order valence-corrected chi connectivity index (χ3v) is 7.52. The number of rotatable bonds is 4. The van der Waals surface area contributed by atoms with Gasteiger partial charge in [0.15, 0.2) is 0 Å². The molecule has 4 fully saturated rings. The predicted molar refractivity (Wildman–Crippen MR) is 72.0 cm³/mol. The molecule has 1 atom stereocenters. The Bertz CT molecular complexity index is 289. The van der Waals surface area contributed by atoms with Gasteiger partial charge in [0.25, 0.3) is 0 Å². The third-order valence-electron chi connectivity index (χ3n) is 5.29. The minimum absolute atomic E-state index is 0.181. The van der Waals surface area contributed by atoms with Crippen LogP contribution in [0.1, 0.15) is 52.4 Å². The first-order valence-electron chi connectivity index (χ1n) is 7.33. The van der Waals surface area contributed by atoms with E-state index in [1.54, 1.807) is 0 Å². The molecule has 4 saturated carbocycles. The molecular formula is C14H25NOS. The summed E-state index contributed by atoms with van der Waals surface area (Å²) in [7, 11) is -0.729. The van der Waals surface area contributed by atoms with Crippen molar-refractivity contribution < 1.29 is 4.21 Å². The first-order valence-corrected chi connectivity index (χ1v) is 8.44. The average Bonchev–Trinajstić information content (AvgIpc) is 2.28. The van der Waals surface area contributed by atoms with Crippen molar-refractivity contribution in [2.45, 2.75) is 57.1 Å². The molecule has 0 unspecified atom stereocenters. The summed E-state index contributed by atoms with van der Waals surface area (Å²) in [5, 5.41) is 0. The molecule has 4 bridgehead atoms. The zero-order valence-electron chi connectivity index (χ0n) is 11.2. The SMILES string of the molecule is CCN(CC)[S@@](=O)C12CC3CC(CC(C3)C1)C2. The molecule has 98 valence electrons. The van der Waals surface area contributed by atoms with Crippen molar-refractivity contribution in [1.29, 1.82) is 0 Å². The fourth-order valence-corrected chi connectivity index (χ4v) is 7.13. The van der Waals surface area contributed by atoms with Crippen molar-refractivity contribution in [2.75, 3.05) is 13.1 Å². The lowest BCUT2D eigenvalue weighted by Crippen LogP contribution is -2.56. The van der Waals surface area contributed by atoms with Gasteiger partial charge in [-0.1, -0.05) is 13.8 Å². The molecule has 2 nitrogen and oxygen atoms in total. The number of hydrogen-bond donors (Lipinski definition) is 0. The summed E-state index contributed by atoms with van der Waals surface area (Å²) in [6, 6.07) is 0. The van der Waals surface area contributed by atoms with Gasteiger partial charge in [0.2, 0.25) is 0 Å². The third kappa shape index (κ3) is 1.90. The normalized spacial score (nSPS) is 45.5. The second kappa shape index (κ2) is 4.34. The van der Waals surface area contributed by atoms with E-state index in [2.05, 4.69) is 18.2 Å². The lowest BCUT2D eigenvalue weighted by atomic mass is 9.56. The molecule has 0 aliphatic heterocycles. The van der Waals surface area contributed by atoms with Crippen molar-refractivity contribution in [3.63, 3.8) is 0 Å². The van der Waals surface area contributed by atoms with Crippen LogP contribution in [0, 0.1) is 17.8 Å². The molecule has 4 rings (SSSR count). The Balaban J connectivity index is 1.84. The highest BCUT2D eigenvalue weighted by Gasteiger charge is 2.54. The zero-order valence-corrected chi connectivity index (χ0v) is 12.0. The molecule has 17 heavy (non-hydrogen) atoms. The molecule has 0 aromatic rings. The van der Waals surface area contributed by atoms with Crippen LogP contribution in [-0.4, -0.2) is 26.4 Å². The Hall–Kier alpha value is 0.110. The standard InChI is InChI=1S/C14H25NOS/c1-3-15(4-2)17(16)14-8-11-5-12(9-14)7-13(6-11)10-14/h11-13H,3-10H2,1-2H3/t11?,12?,13?,14?,17-/m0/s1. The molecule has 0 aromatic heterocycles. The van der Waals surface area contributed by atoms with Crippen molar-refractivity contribution >= 4 is 11.0 Å². The van der Waals surface area contributed by atoms with Crippen LogP contribution in [0.3, 0.4) is 0 Å². The van der Waals surface area contributed by atoms with Gasteiger partial charge >= 0.3 is 0 Å². The molecule has 3 heteroatoms. The van der Waals surface area contributed by atoms with Crippen molar-refractivity contribution in [3.05, 3.63) is 0 Å². The predicted octanol–water partition coefficient (Wildman–Crippen LogP) is 2.96. The van der Waals surface area contributed by atoms with Gasteiger partial charge in [-0.15, -0.1) is 0 Å². The van der Waals surface area contributed by atoms with Crippen LogP contribution in [0.5, 0.6) is 0 Å². The highest BCUT2D eigenvalue weighted by molar-refractivity contribution is 7.84. The van der Waals surface area contributed by atoms with Gasteiger partial charge in [0.1, 0.15) is 11.0 Å². The van der Waals surface area contributed by atoms with Crippen LogP contribution in [0.4, 0.5) is 0 Å². The molecule has 4 aliphatic carbocycles. The van der Waals surface area contributed by atoms with Gasteiger partial charge in [-0.2, -0.15) is 0 Å². The van der Waals surface area contributed by atoms with Crippen molar-refractivity contribution in [3.8, 4) is 0 Å². The second-order valence-electron chi connectivity index (χ2n) is 6.46. The Morgan fingerprint density at radius 3 is 1.76 bits per heavy atom. The molecule has 0 aromatic carbocycles. The van der Waals surface area contributed by atoms with E-state index in [9.17, 15) is 4.21 Å². The van der Waals surface area contributed by atoms with Gasteiger partial charge in [0.05, 0.1) is 4.75 Å². The van der Waals surface area contributed by atoms with Gasteiger partial charge in [-0.25, -0.2) is 8.51 Å². The smallest absolute Gasteiger partial charge is 0.101 e. The molecule has 0 N–H and O–H groups in total. The van der Waals surface area contributed by atoms with E-state index in [0.29, 0.717) is 0 Å². The van der Waals surface area contributed by atoms with Gasteiger partial charge in [-0.05, 0) is 56.3 Å². The van der Waals surface area contributed by atoms with E-state index in [1.807, 2.05) is 0 Å². The van der Waals surface area contributed by atoms with E-state index >= 15 is 0 Å². The highest BCUT2D eigenvalue weighted by Crippen LogP contribution is 2.58. The Labute approximate surface area is 108 Å². The Morgan fingerprint density at radius 2 is 1.41 bits per heavy atom. The monoisotopic (exact) mass is 255 g/mol. The number of nitrogens with zero attached hydrogens (tertiary/aromatic N) is 1. The maximum atomic E-state index is 12.9. The average molecular weight is 255 g/mol. The fraction of sp³-hybridized carbons (Fsp3) is 1.00. The van der Waals surface area contributed by atoms with E-state index in [1.165, 1.54) is 38.5 Å². The quantitative estimate of drug-likeness (QED) is 0.756. The van der Waals surface area contributed by atoms with Crippen LogP contribution in [0.15, 0.2) is 0 Å². The van der Waals surface area contributed by atoms with Crippen LogP contribution in [-0.2, 0) is 11.0 Å². The van der Waals surface area contributed by atoms with Crippen molar-refractivity contribution in [1.82, 2.24) is 4.31 Å². The minimum Gasteiger partial charge on any atom is -0.242 e. The summed E-state index contributed by atoms with van der Waals surface area (Å²) in [6.07, 6.45) is 8.07. The topological polar surface area (TPSA) is 20.3 Å². The first-order chi connectivity index (χ1) is 8.16. The van der Waals surface area contributed by atoms with E-state index in [0.717, 1.165) is 30.8 Å². The van der Waals surface area contributed by atoms with Gasteiger partial charge in [0, 0.05) is 13.1 Å². The molecule has 4 aliphatic rings. The molecule has 0 saturated heterocycles. The van der Waals surface area contributed by atoms with E-state index in [-0.39, 0.29) is 4.75 Å². The molecular weight excluding hydrogens is 230 g/mol. The largest absolute Gasteiger partial charge is 0.242 e. The molecule has 0 radical (unpaired) electrons. The van der Waals surface area contributed by atoms with Crippen LogP contribution in [0.2, 0.25) is 0 Å². The first kappa shape index (κ1) is 12.2. The summed E-state index contributed by atoms with van der Waals surface area (Å²) in [5.74, 6) is 2.71. The lowest BCUT2D eigenvalue weighted by molar-refractivity contribution is 0.0341. The maximum absolute atomic E-state index is 12.9. The molecule has 0 heterocycles. The second-order valence-corrected chi connectivity index (χ2v) is 8.34. The highest BCUT2D eigenvalue weighted by atomic mass is 32.2. The summed E-state index contributed by atoms with van der Waals surface area (Å²) in [5.41, 5.74) is 0. The van der Waals surface area contributed by atoms with E-state index in [4.69, 9.17) is 0 Å². The van der Waals surface area contributed by atoms with Crippen LogP contribution >= 0.6 is 0 Å². The van der Waals surface area contributed by atoms with Gasteiger partial charge in [-0.3, -0.25) is 0 Å². The van der Waals surface area contributed by atoms with E-state index < -0.39 is 11.0 Å². The Morgan fingerprint density at radius 1 is 1.00 bits per heavy atom. The van der Waals surface area contributed by atoms with Crippen molar-refractivity contribution in [2.24, 2.45) is 17.8 Å². The van der Waals surface area contributed by atoms with Crippen LogP contribution in [0.25, 0.3) is 0 Å². The lowest BCUT2D eigenvalue weighted by Gasteiger charge is -2.56. The number of hydrogen-bond acceptors (Lipinski definition) is 1. The summed E-state index contributed by atoms with van der Waals surface area (Å²) >= 11 is 0.